The normalized spacial score (nSPS) is 10.7. The number of nitrogens with zero attached hydrogens (tertiary/aromatic N) is 1. The first-order valence-corrected chi connectivity index (χ1v) is 6.17. The van der Waals surface area contributed by atoms with Crippen molar-refractivity contribution < 1.29 is 5.11 Å². The summed E-state index contributed by atoms with van der Waals surface area (Å²) in [6.45, 7) is -0.249. The predicted octanol–water partition coefficient (Wildman–Crippen LogP) is 3.78. The minimum absolute atomic E-state index is 0.249. The van der Waals surface area contributed by atoms with E-state index in [-0.39, 0.29) is 6.61 Å². The molecule has 0 saturated carbocycles. The Balaban J connectivity index is 2.69. The Hall–Kier alpha value is -1.00. The Morgan fingerprint density at radius 3 is 2.50 bits per heavy atom. The number of halogens is 3. The van der Waals surface area contributed by atoms with E-state index in [4.69, 9.17) is 40.5 Å². The molecule has 0 amide bonds. The molecular formula is C12H9Cl3N2O. The maximum atomic E-state index is 9.31. The summed E-state index contributed by atoms with van der Waals surface area (Å²) in [4.78, 5) is 4.05. The molecule has 0 aliphatic heterocycles. The highest BCUT2D eigenvalue weighted by Gasteiger charge is 2.13. The van der Waals surface area contributed by atoms with Gasteiger partial charge in [-0.25, -0.2) is 4.98 Å². The number of nitrogen functional groups attached to an aromatic ring is 1. The van der Waals surface area contributed by atoms with Crippen LogP contribution in [0, 0.1) is 0 Å². The maximum absolute atomic E-state index is 9.31. The van der Waals surface area contributed by atoms with E-state index in [1.54, 1.807) is 24.3 Å². The number of hydrogen-bond acceptors (Lipinski definition) is 3. The number of aromatic nitrogens is 1. The van der Waals surface area contributed by atoms with Crippen molar-refractivity contribution in [3.8, 4) is 11.1 Å². The molecule has 2 rings (SSSR count). The number of rotatable bonds is 2. The number of aliphatic hydroxyl groups excluding tert-OH is 1. The van der Waals surface area contributed by atoms with Crippen LogP contribution in [0.25, 0.3) is 11.1 Å². The van der Waals surface area contributed by atoms with Crippen molar-refractivity contribution in [2.45, 2.75) is 6.61 Å². The highest BCUT2D eigenvalue weighted by molar-refractivity contribution is 6.45. The summed E-state index contributed by atoms with van der Waals surface area (Å²) in [6, 6.07) is 6.57. The standard InChI is InChI=1S/C12H9Cl3N2O/c13-6-3-8(12(15)9(14)4-6)7-1-2-11(16)17-10(7)5-18/h1-4,18H,5H2,(H2,16,17). The van der Waals surface area contributed by atoms with Gasteiger partial charge in [0.15, 0.2) is 0 Å². The molecule has 0 fully saturated rings. The van der Waals surface area contributed by atoms with Crippen LogP contribution in [-0.2, 0) is 6.61 Å². The van der Waals surface area contributed by atoms with Crippen LogP contribution in [0.3, 0.4) is 0 Å². The number of pyridine rings is 1. The predicted molar refractivity (Wildman–Crippen MR) is 75.0 cm³/mol. The van der Waals surface area contributed by atoms with E-state index < -0.39 is 0 Å². The fourth-order valence-corrected chi connectivity index (χ4v) is 2.34. The van der Waals surface area contributed by atoms with Crippen LogP contribution in [0.5, 0.6) is 0 Å². The minimum Gasteiger partial charge on any atom is -0.390 e. The SMILES string of the molecule is Nc1ccc(-c2cc(Cl)cc(Cl)c2Cl)c(CO)n1. The first-order chi connectivity index (χ1) is 8.52. The first-order valence-electron chi connectivity index (χ1n) is 5.04. The monoisotopic (exact) mass is 302 g/mol. The molecule has 6 heteroatoms. The molecule has 3 nitrogen and oxygen atoms in total. The van der Waals surface area contributed by atoms with Gasteiger partial charge in [-0.05, 0) is 24.3 Å². The molecule has 0 bridgehead atoms. The number of anilines is 1. The van der Waals surface area contributed by atoms with Crippen molar-refractivity contribution in [3.63, 3.8) is 0 Å². The van der Waals surface area contributed by atoms with Crippen LogP contribution in [-0.4, -0.2) is 10.1 Å². The lowest BCUT2D eigenvalue weighted by molar-refractivity contribution is 0.277. The van der Waals surface area contributed by atoms with Gasteiger partial charge in [0.2, 0.25) is 0 Å². The second kappa shape index (κ2) is 5.33. The quantitative estimate of drug-likeness (QED) is 0.830. The lowest BCUT2D eigenvalue weighted by Crippen LogP contribution is -1.99. The summed E-state index contributed by atoms with van der Waals surface area (Å²) in [5, 5.41) is 10.5. The summed E-state index contributed by atoms with van der Waals surface area (Å²) in [5.74, 6) is 0.326. The average Bonchev–Trinajstić information content (AvgIpc) is 2.34. The van der Waals surface area contributed by atoms with Crippen molar-refractivity contribution in [1.82, 2.24) is 4.98 Å². The Morgan fingerprint density at radius 1 is 1.11 bits per heavy atom. The van der Waals surface area contributed by atoms with E-state index in [1.807, 2.05) is 0 Å². The molecule has 1 heterocycles. The maximum Gasteiger partial charge on any atom is 0.123 e. The van der Waals surface area contributed by atoms with E-state index in [0.29, 0.717) is 37.7 Å². The third-order valence-corrected chi connectivity index (χ3v) is 3.45. The Labute approximate surface area is 119 Å². The topological polar surface area (TPSA) is 59.1 Å². The van der Waals surface area contributed by atoms with Gasteiger partial charge in [0.25, 0.3) is 0 Å². The van der Waals surface area contributed by atoms with Gasteiger partial charge >= 0.3 is 0 Å². The largest absolute Gasteiger partial charge is 0.390 e. The second-order valence-electron chi connectivity index (χ2n) is 3.64. The van der Waals surface area contributed by atoms with Crippen molar-refractivity contribution in [3.05, 3.63) is 45.0 Å². The van der Waals surface area contributed by atoms with Crippen molar-refractivity contribution in [1.29, 1.82) is 0 Å². The van der Waals surface area contributed by atoms with Gasteiger partial charge in [-0.3, -0.25) is 0 Å². The summed E-state index contributed by atoms with van der Waals surface area (Å²) >= 11 is 18.1. The van der Waals surface area contributed by atoms with Gasteiger partial charge in [-0.1, -0.05) is 34.8 Å². The molecule has 2 aromatic rings. The zero-order valence-corrected chi connectivity index (χ0v) is 11.4. The number of aliphatic hydroxyl groups is 1. The highest BCUT2D eigenvalue weighted by atomic mass is 35.5. The lowest BCUT2D eigenvalue weighted by Gasteiger charge is -2.11. The van der Waals surface area contributed by atoms with Crippen LogP contribution in [0.15, 0.2) is 24.3 Å². The van der Waals surface area contributed by atoms with E-state index in [9.17, 15) is 5.11 Å². The van der Waals surface area contributed by atoms with E-state index in [1.165, 1.54) is 0 Å². The molecule has 3 N–H and O–H groups in total. The molecule has 0 radical (unpaired) electrons. The fraction of sp³-hybridized carbons (Fsp3) is 0.0833. The number of nitrogens with two attached hydrogens (primary N) is 1. The third kappa shape index (κ3) is 2.54. The van der Waals surface area contributed by atoms with Crippen LogP contribution < -0.4 is 5.73 Å². The van der Waals surface area contributed by atoms with Crippen molar-refractivity contribution in [2.24, 2.45) is 0 Å². The van der Waals surface area contributed by atoms with E-state index in [2.05, 4.69) is 4.98 Å². The van der Waals surface area contributed by atoms with Gasteiger partial charge in [0, 0.05) is 16.1 Å². The molecule has 18 heavy (non-hydrogen) atoms. The average molecular weight is 304 g/mol. The zero-order chi connectivity index (χ0) is 13.3. The summed E-state index contributed by atoms with van der Waals surface area (Å²) < 4.78 is 0. The molecule has 94 valence electrons. The Bertz CT molecular complexity index is 602. The molecule has 0 saturated heterocycles. The fourth-order valence-electron chi connectivity index (χ4n) is 1.64. The van der Waals surface area contributed by atoms with Gasteiger partial charge in [-0.2, -0.15) is 0 Å². The minimum atomic E-state index is -0.249. The zero-order valence-electron chi connectivity index (χ0n) is 9.12. The van der Waals surface area contributed by atoms with Crippen LogP contribution in [0.1, 0.15) is 5.69 Å². The highest BCUT2D eigenvalue weighted by Crippen LogP contribution is 2.37. The van der Waals surface area contributed by atoms with Crippen molar-refractivity contribution in [2.75, 3.05) is 5.73 Å². The molecular weight excluding hydrogens is 295 g/mol. The molecule has 0 aliphatic rings. The van der Waals surface area contributed by atoms with Gasteiger partial charge in [0.05, 0.1) is 22.3 Å². The molecule has 0 aliphatic carbocycles. The summed E-state index contributed by atoms with van der Waals surface area (Å²) in [7, 11) is 0. The molecule has 1 aromatic carbocycles. The summed E-state index contributed by atoms with van der Waals surface area (Å²) in [6.07, 6.45) is 0. The first kappa shape index (κ1) is 13.4. The second-order valence-corrected chi connectivity index (χ2v) is 4.86. The Morgan fingerprint density at radius 2 is 1.83 bits per heavy atom. The van der Waals surface area contributed by atoms with Crippen molar-refractivity contribution >= 4 is 40.6 Å². The number of benzene rings is 1. The number of hydrogen-bond donors (Lipinski definition) is 2. The molecule has 0 atom stereocenters. The van der Waals surface area contributed by atoms with E-state index in [0.717, 1.165) is 0 Å². The molecule has 0 unspecified atom stereocenters. The van der Waals surface area contributed by atoms with Crippen LogP contribution >= 0.6 is 34.8 Å². The smallest absolute Gasteiger partial charge is 0.123 e. The van der Waals surface area contributed by atoms with Gasteiger partial charge in [-0.15, -0.1) is 0 Å². The van der Waals surface area contributed by atoms with Crippen LogP contribution in [0.2, 0.25) is 15.1 Å². The molecule has 0 spiro atoms. The Kier molecular flexibility index (Phi) is 3.97. The van der Waals surface area contributed by atoms with Gasteiger partial charge in [0.1, 0.15) is 5.82 Å². The lowest BCUT2D eigenvalue weighted by atomic mass is 10.0. The van der Waals surface area contributed by atoms with Crippen LogP contribution in [0.4, 0.5) is 5.82 Å². The third-order valence-electron chi connectivity index (χ3n) is 2.43. The summed E-state index contributed by atoms with van der Waals surface area (Å²) in [5.41, 5.74) is 7.27. The van der Waals surface area contributed by atoms with E-state index >= 15 is 0 Å². The van der Waals surface area contributed by atoms with Gasteiger partial charge < -0.3 is 10.8 Å². The molecule has 1 aromatic heterocycles.